The van der Waals surface area contributed by atoms with Crippen LogP contribution in [0.25, 0.3) is 11.1 Å². The van der Waals surface area contributed by atoms with Crippen molar-refractivity contribution in [2.45, 2.75) is 6.92 Å². The lowest BCUT2D eigenvalue weighted by molar-refractivity contribution is 0.0598. The molecule has 2 aromatic carbocycles. The molecule has 0 radical (unpaired) electrons. The van der Waals surface area contributed by atoms with Gasteiger partial charge in [0, 0.05) is 0 Å². The number of carbonyl (C=O) groups excluding carboxylic acids is 1. The summed E-state index contributed by atoms with van der Waals surface area (Å²) in [4.78, 5) is 11.7. The molecule has 3 heteroatoms. The minimum absolute atomic E-state index is 0.0687. The molecular formula is C15H14O3. The third-order valence-electron chi connectivity index (χ3n) is 2.76. The summed E-state index contributed by atoms with van der Waals surface area (Å²) in [6, 6.07) is 12.7. The normalized spacial score (nSPS) is 10.1. The van der Waals surface area contributed by atoms with Crippen LogP contribution in [0.15, 0.2) is 42.5 Å². The number of ether oxygens (including phenoxy) is 1. The van der Waals surface area contributed by atoms with Gasteiger partial charge in [-0.15, -0.1) is 0 Å². The number of methoxy groups -OCH3 is 1. The van der Waals surface area contributed by atoms with Crippen LogP contribution in [0.3, 0.4) is 0 Å². The van der Waals surface area contributed by atoms with E-state index in [1.807, 2.05) is 31.2 Å². The number of aromatic hydroxyl groups is 1. The number of hydrogen-bond acceptors (Lipinski definition) is 3. The third-order valence-corrected chi connectivity index (χ3v) is 2.76. The SMILES string of the molecule is COC(=O)c1c(O)cccc1-c1cccc(C)c1. The van der Waals surface area contributed by atoms with Crippen LogP contribution in [-0.4, -0.2) is 18.2 Å². The number of carbonyl (C=O) groups is 1. The summed E-state index contributed by atoms with van der Waals surface area (Å²) < 4.78 is 4.71. The highest BCUT2D eigenvalue weighted by Crippen LogP contribution is 2.30. The topological polar surface area (TPSA) is 46.5 Å². The lowest BCUT2D eigenvalue weighted by Gasteiger charge is -2.10. The van der Waals surface area contributed by atoms with Gasteiger partial charge in [0.2, 0.25) is 0 Å². The third kappa shape index (κ3) is 2.20. The van der Waals surface area contributed by atoms with Crippen molar-refractivity contribution in [1.29, 1.82) is 0 Å². The van der Waals surface area contributed by atoms with Crippen LogP contribution < -0.4 is 0 Å². The number of esters is 1. The van der Waals surface area contributed by atoms with Crippen molar-refractivity contribution in [3.8, 4) is 16.9 Å². The van der Waals surface area contributed by atoms with E-state index in [4.69, 9.17) is 4.74 Å². The molecule has 2 rings (SSSR count). The first-order chi connectivity index (χ1) is 8.63. The average Bonchev–Trinajstić information content (AvgIpc) is 2.37. The van der Waals surface area contributed by atoms with Gasteiger partial charge in [0.1, 0.15) is 11.3 Å². The summed E-state index contributed by atoms with van der Waals surface area (Å²) in [6.45, 7) is 1.98. The molecule has 0 spiro atoms. The fourth-order valence-electron chi connectivity index (χ4n) is 1.91. The summed E-state index contributed by atoms with van der Waals surface area (Å²) in [6.07, 6.45) is 0. The fraction of sp³-hybridized carbons (Fsp3) is 0.133. The molecule has 3 nitrogen and oxygen atoms in total. The first-order valence-electron chi connectivity index (χ1n) is 5.61. The first-order valence-corrected chi connectivity index (χ1v) is 5.61. The van der Waals surface area contributed by atoms with E-state index in [-0.39, 0.29) is 11.3 Å². The van der Waals surface area contributed by atoms with Crippen LogP contribution in [0.1, 0.15) is 15.9 Å². The molecule has 18 heavy (non-hydrogen) atoms. The Bertz CT molecular complexity index is 588. The quantitative estimate of drug-likeness (QED) is 0.823. The fourth-order valence-corrected chi connectivity index (χ4v) is 1.91. The number of hydrogen-bond donors (Lipinski definition) is 1. The summed E-state index contributed by atoms with van der Waals surface area (Å²) in [5.74, 6) is -0.606. The van der Waals surface area contributed by atoms with Crippen LogP contribution in [0.2, 0.25) is 0 Å². The van der Waals surface area contributed by atoms with Gasteiger partial charge >= 0.3 is 5.97 Å². The molecule has 0 bridgehead atoms. The monoisotopic (exact) mass is 242 g/mol. The second-order valence-electron chi connectivity index (χ2n) is 4.06. The van der Waals surface area contributed by atoms with Crippen molar-refractivity contribution in [3.05, 3.63) is 53.6 Å². The highest BCUT2D eigenvalue weighted by atomic mass is 16.5. The predicted molar refractivity (Wildman–Crippen MR) is 69.6 cm³/mol. The molecule has 0 saturated heterocycles. The van der Waals surface area contributed by atoms with E-state index < -0.39 is 5.97 Å². The van der Waals surface area contributed by atoms with E-state index in [0.29, 0.717) is 5.56 Å². The minimum atomic E-state index is -0.537. The van der Waals surface area contributed by atoms with Gasteiger partial charge in [0.05, 0.1) is 7.11 Å². The zero-order valence-corrected chi connectivity index (χ0v) is 10.3. The van der Waals surface area contributed by atoms with Gasteiger partial charge in [-0.05, 0) is 24.1 Å². The molecule has 1 N–H and O–H groups in total. The standard InChI is InChI=1S/C15H14O3/c1-10-5-3-6-11(9-10)12-7-4-8-13(16)14(12)15(17)18-2/h3-9,16H,1-2H3. The van der Waals surface area contributed by atoms with Crippen LogP contribution >= 0.6 is 0 Å². The van der Waals surface area contributed by atoms with Crippen LogP contribution in [-0.2, 0) is 4.74 Å². The van der Waals surface area contributed by atoms with Crippen LogP contribution in [0.4, 0.5) is 0 Å². The average molecular weight is 242 g/mol. The molecule has 0 saturated carbocycles. The maximum absolute atomic E-state index is 11.7. The van der Waals surface area contributed by atoms with E-state index >= 15 is 0 Å². The maximum Gasteiger partial charge on any atom is 0.342 e. The first kappa shape index (κ1) is 12.2. The van der Waals surface area contributed by atoms with Gasteiger partial charge in [-0.3, -0.25) is 0 Å². The Balaban J connectivity index is 2.64. The van der Waals surface area contributed by atoms with E-state index in [1.165, 1.54) is 13.2 Å². The van der Waals surface area contributed by atoms with E-state index in [9.17, 15) is 9.90 Å². The number of aryl methyl sites for hydroxylation is 1. The largest absolute Gasteiger partial charge is 0.507 e. The zero-order valence-electron chi connectivity index (χ0n) is 10.3. The van der Waals surface area contributed by atoms with Gasteiger partial charge in [-0.1, -0.05) is 42.0 Å². The smallest absolute Gasteiger partial charge is 0.342 e. The molecule has 0 atom stereocenters. The Morgan fingerprint density at radius 2 is 1.89 bits per heavy atom. The van der Waals surface area contributed by atoms with Gasteiger partial charge < -0.3 is 9.84 Å². The lowest BCUT2D eigenvalue weighted by atomic mass is 9.97. The second kappa shape index (κ2) is 4.92. The number of phenols is 1. The Hall–Kier alpha value is -2.29. The summed E-state index contributed by atoms with van der Waals surface area (Å²) in [5, 5.41) is 9.82. The molecule has 0 amide bonds. The minimum Gasteiger partial charge on any atom is -0.507 e. The molecule has 92 valence electrons. The summed E-state index contributed by atoms with van der Waals surface area (Å²) in [7, 11) is 1.30. The number of benzene rings is 2. The van der Waals surface area contributed by atoms with Gasteiger partial charge in [-0.25, -0.2) is 4.79 Å². The van der Waals surface area contributed by atoms with Gasteiger partial charge in [0.25, 0.3) is 0 Å². The molecular weight excluding hydrogens is 228 g/mol. The van der Waals surface area contributed by atoms with Crippen molar-refractivity contribution < 1.29 is 14.6 Å². The van der Waals surface area contributed by atoms with Crippen LogP contribution in [0.5, 0.6) is 5.75 Å². The number of phenolic OH excluding ortho intramolecular Hbond substituents is 1. The lowest BCUT2D eigenvalue weighted by Crippen LogP contribution is -2.04. The molecule has 2 aromatic rings. The van der Waals surface area contributed by atoms with Crippen LogP contribution in [0, 0.1) is 6.92 Å². The zero-order chi connectivity index (χ0) is 13.1. The van der Waals surface area contributed by atoms with Gasteiger partial charge in [0.15, 0.2) is 0 Å². The van der Waals surface area contributed by atoms with Crippen molar-refractivity contribution in [2.24, 2.45) is 0 Å². The highest BCUT2D eigenvalue weighted by Gasteiger charge is 2.17. The predicted octanol–water partition coefficient (Wildman–Crippen LogP) is 3.15. The van der Waals surface area contributed by atoms with E-state index in [0.717, 1.165) is 11.1 Å². The van der Waals surface area contributed by atoms with E-state index in [1.54, 1.807) is 12.1 Å². The van der Waals surface area contributed by atoms with Gasteiger partial charge in [-0.2, -0.15) is 0 Å². The molecule has 0 fully saturated rings. The summed E-state index contributed by atoms with van der Waals surface area (Å²) in [5.41, 5.74) is 2.84. The summed E-state index contributed by atoms with van der Waals surface area (Å²) >= 11 is 0. The Morgan fingerprint density at radius 1 is 1.17 bits per heavy atom. The van der Waals surface area contributed by atoms with Crippen molar-refractivity contribution in [2.75, 3.05) is 7.11 Å². The number of rotatable bonds is 2. The molecule has 0 unspecified atom stereocenters. The Kier molecular flexibility index (Phi) is 3.33. The van der Waals surface area contributed by atoms with Crippen molar-refractivity contribution >= 4 is 5.97 Å². The molecule has 0 aliphatic rings. The Labute approximate surface area is 106 Å². The molecule has 0 aromatic heterocycles. The van der Waals surface area contributed by atoms with Crippen molar-refractivity contribution in [3.63, 3.8) is 0 Å². The Morgan fingerprint density at radius 3 is 2.56 bits per heavy atom. The molecule has 0 aliphatic heterocycles. The van der Waals surface area contributed by atoms with E-state index in [2.05, 4.69) is 0 Å². The van der Waals surface area contributed by atoms with Crippen molar-refractivity contribution in [1.82, 2.24) is 0 Å². The molecule has 0 aliphatic carbocycles. The highest BCUT2D eigenvalue weighted by molar-refractivity contribution is 6.00. The second-order valence-corrected chi connectivity index (χ2v) is 4.06. The molecule has 0 heterocycles. The maximum atomic E-state index is 11.7.